The molecule has 0 unspecified atom stereocenters. The van der Waals surface area contributed by atoms with Gasteiger partial charge in [-0.3, -0.25) is 19.2 Å². The summed E-state index contributed by atoms with van der Waals surface area (Å²) in [7, 11) is 0. The fourth-order valence-electron chi connectivity index (χ4n) is 3.18. The van der Waals surface area contributed by atoms with Crippen LogP contribution in [-0.4, -0.2) is 21.4 Å². The van der Waals surface area contributed by atoms with E-state index in [0.29, 0.717) is 41.8 Å². The smallest absolute Gasteiger partial charge is 0.316 e. The van der Waals surface area contributed by atoms with Gasteiger partial charge >= 0.3 is 11.1 Å². The van der Waals surface area contributed by atoms with E-state index in [9.17, 15) is 19.2 Å². The maximum absolute atomic E-state index is 12.5. The molecule has 0 aliphatic carbocycles. The summed E-state index contributed by atoms with van der Waals surface area (Å²) < 4.78 is 1.37. The maximum Gasteiger partial charge on any atom is 0.316 e. The van der Waals surface area contributed by atoms with E-state index < -0.39 is 11.1 Å². The zero-order valence-corrected chi connectivity index (χ0v) is 17.0. The normalized spacial score (nSPS) is 10.7. The molecule has 0 saturated carbocycles. The molecule has 0 atom stereocenters. The molecular formula is C22H24N4O4. The van der Waals surface area contributed by atoms with Crippen LogP contribution < -0.4 is 21.8 Å². The molecule has 8 heteroatoms. The highest BCUT2D eigenvalue weighted by molar-refractivity contribution is 5.97. The fourth-order valence-corrected chi connectivity index (χ4v) is 3.18. The molecule has 0 aliphatic rings. The van der Waals surface area contributed by atoms with Crippen LogP contribution in [0.5, 0.6) is 0 Å². The molecule has 0 radical (unpaired) electrons. The van der Waals surface area contributed by atoms with Gasteiger partial charge in [0.15, 0.2) is 0 Å². The number of rotatable bonds is 7. The molecule has 0 spiro atoms. The quantitative estimate of drug-likeness (QED) is 0.521. The van der Waals surface area contributed by atoms with Crippen molar-refractivity contribution >= 4 is 28.5 Å². The van der Waals surface area contributed by atoms with Gasteiger partial charge in [-0.1, -0.05) is 19.1 Å². The lowest BCUT2D eigenvalue weighted by Crippen LogP contribution is -2.36. The van der Waals surface area contributed by atoms with Gasteiger partial charge in [-0.2, -0.15) is 0 Å². The van der Waals surface area contributed by atoms with Gasteiger partial charge in [-0.25, -0.2) is 0 Å². The van der Waals surface area contributed by atoms with Gasteiger partial charge in [-0.15, -0.1) is 0 Å². The number of nitrogens with one attached hydrogen (secondary N) is 3. The van der Waals surface area contributed by atoms with Crippen LogP contribution in [0.2, 0.25) is 0 Å². The van der Waals surface area contributed by atoms with Gasteiger partial charge in [-0.05, 0) is 49.2 Å². The molecule has 2 aromatic carbocycles. The van der Waals surface area contributed by atoms with Crippen molar-refractivity contribution in [2.24, 2.45) is 0 Å². The Bertz CT molecular complexity index is 1190. The average molecular weight is 408 g/mol. The number of H-pyrrole nitrogens is 1. The number of carbonyl (C=O) groups excluding carboxylic acids is 2. The summed E-state index contributed by atoms with van der Waals surface area (Å²) in [6, 6.07) is 12.1. The van der Waals surface area contributed by atoms with Crippen LogP contribution in [0.15, 0.2) is 52.1 Å². The molecule has 0 aliphatic heterocycles. The van der Waals surface area contributed by atoms with Crippen LogP contribution in [-0.2, 0) is 17.9 Å². The summed E-state index contributed by atoms with van der Waals surface area (Å²) in [6.07, 6.45) is 1.26. The molecule has 3 rings (SSSR count). The summed E-state index contributed by atoms with van der Waals surface area (Å²) in [6.45, 7) is 4.40. The zero-order chi connectivity index (χ0) is 21.7. The number of aromatic nitrogens is 2. The molecule has 3 N–H and O–H groups in total. The second-order valence-electron chi connectivity index (χ2n) is 6.91. The first-order valence-electron chi connectivity index (χ1n) is 9.86. The van der Waals surface area contributed by atoms with E-state index in [1.165, 1.54) is 4.57 Å². The Morgan fingerprint density at radius 1 is 1.03 bits per heavy atom. The Kier molecular flexibility index (Phi) is 6.46. The van der Waals surface area contributed by atoms with Crippen molar-refractivity contribution in [3.63, 3.8) is 0 Å². The average Bonchev–Trinajstić information content (AvgIpc) is 2.74. The predicted molar refractivity (Wildman–Crippen MR) is 116 cm³/mol. The number of amides is 2. The largest absolute Gasteiger partial charge is 0.348 e. The number of hydrogen-bond donors (Lipinski definition) is 3. The minimum Gasteiger partial charge on any atom is -0.348 e. The number of carbonyl (C=O) groups is 2. The lowest BCUT2D eigenvalue weighted by Gasteiger charge is -2.10. The fraction of sp³-hybridized carbons (Fsp3) is 0.273. The summed E-state index contributed by atoms with van der Waals surface area (Å²) in [5.74, 6) is -0.325. The van der Waals surface area contributed by atoms with Gasteiger partial charge in [0.2, 0.25) is 5.91 Å². The van der Waals surface area contributed by atoms with E-state index >= 15 is 0 Å². The third-order valence-corrected chi connectivity index (χ3v) is 4.72. The van der Waals surface area contributed by atoms with E-state index in [2.05, 4.69) is 15.6 Å². The molecule has 1 aromatic heterocycles. The molecule has 0 fully saturated rings. The minimum absolute atomic E-state index is 0.0265. The van der Waals surface area contributed by atoms with E-state index in [1.54, 1.807) is 37.3 Å². The van der Waals surface area contributed by atoms with Crippen LogP contribution in [0.1, 0.15) is 42.6 Å². The summed E-state index contributed by atoms with van der Waals surface area (Å²) >= 11 is 0. The van der Waals surface area contributed by atoms with Crippen LogP contribution in [0, 0.1) is 0 Å². The van der Waals surface area contributed by atoms with Crippen molar-refractivity contribution in [2.75, 3.05) is 5.32 Å². The Morgan fingerprint density at radius 2 is 1.77 bits per heavy atom. The number of nitrogens with zero attached hydrogens (tertiary/aromatic N) is 1. The van der Waals surface area contributed by atoms with Crippen LogP contribution >= 0.6 is 0 Å². The molecule has 30 heavy (non-hydrogen) atoms. The second kappa shape index (κ2) is 9.21. The highest BCUT2D eigenvalue weighted by atomic mass is 16.2. The Morgan fingerprint density at radius 3 is 2.43 bits per heavy atom. The molecule has 156 valence electrons. The zero-order valence-electron chi connectivity index (χ0n) is 17.0. The van der Waals surface area contributed by atoms with Crippen molar-refractivity contribution in [1.82, 2.24) is 14.9 Å². The maximum atomic E-state index is 12.5. The Balaban J connectivity index is 1.70. The summed E-state index contributed by atoms with van der Waals surface area (Å²) in [5.41, 5.74) is 1.64. The van der Waals surface area contributed by atoms with Crippen LogP contribution in [0.3, 0.4) is 0 Å². The Labute approximate surface area is 172 Å². The lowest BCUT2D eigenvalue weighted by molar-refractivity contribution is -0.116. The first-order chi connectivity index (χ1) is 14.4. The standard InChI is InChI=1S/C22H24N4O4/c1-3-5-19(27)24-16-9-6-14(7-10-16)13-23-20(28)15-8-11-18-17(12-15)25-21(29)22(30)26(18)4-2/h6-12H,3-5,13H2,1-2H3,(H,23,28)(H,24,27)(H,25,29). The number of fused-ring (bicyclic) bond motifs is 1. The molecule has 0 saturated heterocycles. The number of anilines is 1. The molecule has 8 nitrogen and oxygen atoms in total. The van der Waals surface area contributed by atoms with Gasteiger partial charge in [0.25, 0.3) is 5.91 Å². The van der Waals surface area contributed by atoms with Gasteiger partial charge in [0, 0.05) is 30.8 Å². The monoisotopic (exact) mass is 408 g/mol. The summed E-state index contributed by atoms with van der Waals surface area (Å²) in [4.78, 5) is 50.4. The SMILES string of the molecule is CCCC(=O)Nc1ccc(CNC(=O)c2ccc3c(c2)[nH]c(=O)c(=O)n3CC)cc1. The predicted octanol–water partition coefficient (Wildman–Crippen LogP) is 2.38. The molecule has 2 amide bonds. The number of hydrogen-bond acceptors (Lipinski definition) is 4. The van der Waals surface area contributed by atoms with Crippen LogP contribution in [0.4, 0.5) is 5.69 Å². The van der Waals surface area contributed by atoms with E-state index in [0.717, 1.165) is 12.0 Å². The van der Waals surface area contributed by atoms with E-state index in [-0.39, 0.29) is 11.8 Å². The number of benzene rings is 2. The Hall–Kier alpha value is -3.68. The molecular weight excluding hydrogens is 384 g/mol. The molecule has 1 heterocycles. The third-order valence-electron chi connectivity index (χ3n) is 4.72. The van der Waals surface area contributed by atoms with Gasteiger partial charge in [0.1, 0.15) is 0 Å². The van der Waals surface area contributed by atoms with Crippen molar-refractivity contribution in [2.45, 2.75) is 39.8 Å². The van der Waals surface area contributed by atoms with E-state index in [1.807, 2.05) is 19.1 Å². The topological polar surface area (TPSA) is 113 Å². The van der Waals surface area contributed by atoms with E-state index in [4.69, 9.17) is 0 Å². The highest BCUT2D eigenvalue weighted by Gasteiger charge is 2.11. The molecule has 3 aromatic rings. The first-order valence-corrected chi connectivity index (χ1v) is 9.86. The minimum atomic E-state index is -0.715. The third kappa shape index (κ3) is 4.65. The number of aryl methyl sites for hydroxylation is 1. The first kappa shape index (κ1) is 21.0. The van der Waals surface area contributed by atoms with Crippen molar-refractivity contribution < 1.29 is 9.59 Å². The van der Waals surface area contributed by atoms with Crippen molar-refractivity contribution in [1.29, 1.82) is 0 Å². The van der Waals surface area contributed by atoms with Crippen molar-refractivity contribution in [3.05, 3.63) is 74.3 Å². The lowest BCUT2D eigenvalue weighted by atomic mass is 10.1. The second-order valence-corrected chi connectivity index (χ2v) is 6.91. The van der Waals surface area contributed by atoms with Crippen molar-refractivity contribution in [3.8, 4) is 0 Å². The van der Waals surface area contributed by atoms with Gasteiger partial charge < -0.3 is 20.2 Å². The highest BCUT2D eigenvalue weighted by Crippen LogP contribution is 2.13. The summed E-state index contributed by atoms with van der Waals surface area (Å²) in [5, 5.41) is 5.64. The molecule has 0 bridgehead atoms. The van der Waals surface area contributed by atoms with Gasteiger partial charge in [0.05, 0.1) is 11.0 Å². The van der Waals surface area contributed by atoms with Crippen LogP contribution in [0.25, 0.3) is 11.0 Å². The number of aromatic amines is 1.